The van der Waals surface area contributed by atoms with Crippen molar-refractivity contribution < 1.29 is 4.39 Å². The minimum atomic E-state index is -0.408. The van der Waals surface area contributed by atoms with E-state index in [1.165, 1.54) is 35.5 Å². The van der Waals surface area contributed by atoms with Crippen LogP contribution in [0, 0.1) is 5.82 Å². The Kier molecular flexibility index (Phi) is 5.05. The van der Waals surface area contributed by atoms with Crippen LogP contribution in [0.2, 0.25) is 0 Å². The molecule has 3 aromatic rings. The molecule has 0 aliphatic heterocycles. The highest BCUT2D eigenvalue weighted by molar-refractivity contribution is 7.98. The first-order chi connectivity index (χ1) is 13.5. The number of halogens is 1. The molecule has 0 saturated heterocycles. The molecule has 4 rings (SSSR count). The Morgan fingerprint density at radius 1 is 1.14 bits per heavy atom. The van der Waals surface area contributed by atoms with E-state index in [2.05, 4.69) is 4.98 Å². The summed E-state index contributed by atoms with van der Waals surface area (Å²) in [4.78, 5) is 34.5. The van der Waals surface area contributed by atoms with E-state index in [4.69, 9.17) is 4.98 Å². The molecule has 0 radical (unpaired) electrons. The number of hydrogen-bond donors (Lipinski definition) is 0. The molecule has 0 unspecified atom stereocenters. The summed E-state index contributed by atoms with van der Waals surface area (Å²) in [5.41, 5.74) is 0.361. The van der Waals surface area contributed by atoms with Crippen molar-refractivity contribution in [1.29, 1.82) is 0 Å². The number of thioether (sulfide) groups is 1. The number of benzene rings is 1. The van der Waals surface area contributed by atoms with Crippen molar-refractivity contribution in [3.63, 3.8) is 0 Å². The molecule has 2 aromatic heterocycles. The maximum atomic E-state index is 13.5. The number of fused-ring (bicyclic) bond motifs is 1. The first-order valence-corrected chi connectivity index (χ1v) is 10.3. The van der Waals surface area contributed by atoms with Crippen molar-refractivity contribution >= 4 is 22.8 Å². The van der Waals surface area contributed by atoms with Gasteiger partial charge in [-0.05, 0) is 30.5 Å². The van der Waals surface area contributed by atoms with E-state index in [0.717, 1.165) is 35.8 Å². The first-order valence-electron chi connectivity index (χ1n) is 9.30. The van der Waals surface area contributed by atoms with Gasteiger partial charge >= 0.3 is 5.69 Å². The van der Waals surface area contributed by atoms with Crippen LogP contribution < -0.4 is 11.2 Å². The Bertz CT molecular complexity index is 1170. The fourth-order valence-corrected chi connectivity index (χ4v) is 4.66. The molecule has 1 aromatic carbocycles. The average molecular weight is 400 g/mol. The lowest BCUT2D eigenvalue weighted by Gasteiger charge is -2.14. The molecule has 28 heavy (non-hydrogen) atoms. The van der Waals surface area contributed by atoms with Gasteiger partial charge in [0.25, 0.3) is 5.56 Å². The molecule has 0 bridgehead atoms. The quantitative estimate of drug-likeness (QED) is 0.497. The van der Waals surface area contributed by atoms with Gasteiger partial charge in [-0.1, -0.05) is 25.0 Å². The summed E-state index contributed by atoms with van der Waals surface area (Å²) in [7, 11) is 3.08. The molecule has 0 N–H and O–H groups in total. The highest BCUT2D eigenvalue weighted by Crippen LogP contribution is 2.34. The van der Waals surface area contributed by atoms with Crippen LogP contribution in [0.15, 0.2) is 38.9 Å². The van der Waals surface area contributed by atoms with Gasteiger partial charge in [0.1, 0.15) is 22.1 Å². The van der Waals surface area contributed by atoms with E-state index >= 15 is 0 Å². The van der Waals surface area contributed by atoms with Crippen molar-refractivity contribution in [2.75, 3.05) is 0 Å². The second-order valence-corrected chi connectivity index (χ2v) is 8.16. The third-order valence-electron chi connectivity index (χ3n) is 5.27. The van der Waals surface area contributed by atoms with Crippen molar-refractivity contribution in [1.82, 2.24) is 19.1 Å². The summed E-state index contributed by atoms with van der Waals surface area (Å²) in [5.74, 6) is 1.11. The van der Waals surface area contributed by atoms with E-state index in [-0.39, 0.29) is 11.7 Å². The van der Waals surface area contributed by atoms with Crippen molar-refractivity contribution in [3.8, 4) is 0 Å². The van der Waals surface area contributed by atoms with Crippen LogP contribution in [0.3, 0.4) is 0 Å². The topological polar surface area (TPSA) is 69.8 Å². The number of rotatable bonds is 4. The highest BCUT2D eigenvalue weighted by Gasteiger charge is 2.24. The largest absolute Gasteiger partial charge is 0.332 e. The minimum Gasteiger partial charge on any atom is -0.280 e. The Morgan fingerprint density at radius 3 is 2.61 bits per heavy atom. The molecule has 6 nitrogen and oxygen atoms in total. The molecule has 1 aliphatic rings. The van der Waals surface area contributed by atoms with Gasteiger partial charge in [0, 0.05) is 25.8 Å². The lowest BCUT2D eigenvalue weighted by atomic mass is 10.1. The molecule has 1 aliphatic carbocycles. The number of aromatic nitrogens is 4. The zero-order valence-electron chi connectivity index (χ0n) is 15.8. The zero-order valence-corrected chi connectivity index (χ0v) is 16.6. The first kappa shape index (κ1) is 18.9. The van der Waals surface area contributed by atoms with Gasteiger partial charge in [0.2, 0.25) is 0 Å². The Hall–Kier alpha value is -2.48. The lowest BCUT2D eigenvalue weighted by Crippen LogP contribution is -2.38. The van der Waals surface area contributed by atoms with Crippen LogP contribution in [-0.4, -0.2) is 19.1 Å². The molecule has 0 atom stereocenters. The second-order valence-electron chi connectivity index (χ2n) is 7.19. The lowest BCUT2D eigenvalue weighted by molar-refractivity contribution is 0.626. The van der Waals surface area contributed by atoms with Crippen LogP contribution in [0.5, 0.6) is 0 Å². The average Bonchev–Trinajstić information content (AvgIpc) is 3.23. The van der Waals surface area contributed by atoms with Crippen LogP contribution in [-0.2, 0) is 19.8 Å². The van der Waals surface area contributed by atoms with Crippen molar-refractivity contribution in [2.45, 2.75) is 42.4 Å². The maximum Gasteiger partial charge on any atom is 0.332 e. The molecule has 1 fully saturated rings. The van der Waals surface area contributed by atoms with E-state index in [1.54, 1.807) is 13.1 Å². The van der Waals surface area contributed by atoms with E-state index in [0.29, 0.717) is 27.6 Å². The summed E-state index contributed by atoms with van der Waals surface area (Å²) in [6, 6.07) is 6.38. The van der Waals surface area contributed by atoms with Crippen molar-refractivity contribution in [2.24, 2.45) is 14.1 Å². The predicted molar refractivity (Wildman–Crippen MR) is 107 cm³/mol. The van der Waals surface area contributed by atoms with Gasteiger partial charge in [-0.15, -0.1) is 11.8 Å². The second kappa shape index (κ2) is 7.50. The van der Waals surface area contributed by atoms with Crippen LogP contribution in [0.1, 0.15) is 43.0 Å². The van der Waals surface area contributed by atoms with Gasteiger partial charge < -0.3 is 0 Å². The van der Waals surface area contributed by atoms with Gasteiger partial charge in [-0.2, -0.15) is 0 Å². The smallest absolute Gasteiger partial charge is 0.280 e. The molecule has 2 heterocycles. The van der Waals surface area contributed by atoms with Gasteiger partial charge in [-0.3, -0.25) is 13.9 Å². The van der Waals surface area contributed by atoms with Gasteiger partial charge in [0.05, 0.1) is 0 Å². The number of nitrogens with zero attached hydrogens (tertiary/aromatic N) is 4. The van der Waals surface area contributed by atoms with E-state index in [9.17, 15) is 14.0 Å². The molecule has 8 heteroatoms. The van der Waals surface area contributed by atoms with E-state index in [1.807, 2.05) is 6.07 Å². The van der Waals surface area contributed by atoms with Gasteiger partial charge in [-0.25, -0.2) is 19.2 Å². The van der Waals surface area contributed by atoms with Crippen LogP contribution in [0.4, 0.5) is 4.39 Å². The fraction of sp³-hybridized carbons (Fsp3) is 0.400. The van der Waals surface area contributed by atoms with Crippen molar-refractivity contribution in [3.05, 3.63) is 62.3 Å². The SMILES string of the molecule is Cn1c(=O)c2c(SCc3cccc(F)c3)nc(C3CCCC3)nc2n(C)c1=O. The Balaban J connectivity index is 1.86. The third-order valence-corrected chi connectivity index (χ3v) is 6.32. The zero-order chi connectivity index (χ0) is 19.8. The molecule has 0 spiro atoms. The summed E-state index contributed by atoms with van der Waals surface area (Å²) in [6.07, 6.45) is 4.29. The number of hydrogen-bond acceptors (Lipinski definition) is 5. The summed E-state index contributed by atoms with van der Waals surface area (Å²) >= 11 is 1.38. The molecular formula is C20H21FN4O2S. The van der Waals surface area contributed by atoms with Gasteiger partial charge in [0.15, 0.2) is 5.65 Å². The molecule has 1 saturated carbocycles. The normalized spacial score (nSPS) is 14.8. The fourth-order valence-electron chi connectivity index (χ4n) is 3.69. The third kappa shape index (κ3) is 3.37. The summed E-state index contributed by atoms with van der Waals surface area (Å²) in [5, 5.41) is 0.889. The Morgan fingerprint density at radius 2 is 1.89 bits per heavy atom. The molecule has 0 amide bonds. The Labute approximate surface area is 165 Å². The number of aryl methyl sites for hydroxylation is 1. The molecule has 146 valence electrons. The monoisotopic (exact) mass is 400 g/mol. The maximum absolute atomic E-state index is 13.5. The highest BCUT2D eigenvalue weighted by atomic mass is 32.2. The predicted octanol–water partition coefficient (Wildman–Crippen LogP) is 3.12. The van der Waals surface area contributed by atoms with Crippen LogP contribution >= 0.6 is 11.8 Å². The summed E-state index contributed by atoms with van der Waals surface area (Å²) in [6.45, 7) is 0. The summed E-state index contributed by atoms with van der Waals surface area (Å²) < 4.78 is 16.0. The standard InChI is InChI=1S/C20H21FN4O2S/c1-24-17-15(19(26)25(2)20(24)27)18(23-16(22-17)13-7-3-4-8-13)28-11-12-6-5-9-14(21)10-12/h5-6,9-10,13H,3-4,7-8,11H2,1-2H3. The molecular weight excluding hydrogens is 379 g/mol. The minimum absolute atomic E-state index is 0.247. The van der Waals surface area contributed by atoms with E-state index < -0.39 is 11.2 Å². The van der Waals surface area contributed by atoms with Crippen LogP contribution in [0.25, 0.3) is 11.0 Å².